The van der Waals surface area contributed by atoms with Gasteiger partial charge in [0, 0.05) is 12.1 Å². The highest BCUT2D eigenvalue weighted by Crippen LogP contribution is 2.25. The minimum atomic E-state index is -0.883. The Bertz CT molecular complexity index is 337. The first-order valence-electron chi connectivity index (χ1n) is 4.52. The van der Waals surface area contributed by atoms with Crippen LogP contribution in [0.1, 0.15) is 12.8 Å². The third kappa shape index (κ3) is 1.85. The molecule has 76 valence electrons. The molecule has 0 aliphatic heterocycles. The zero-order valence-corrected chi connectivity index (χ0v) is 7.54. The minimum Gasteiger partial charge on any atom is -0.490 e. The normalized spacial score (nSPS) is 25.6. The zero-order valence-electron chi connectivity index (χ0n) is 7.54. The van der Waals surface area contributed by atoms with Gasteiger partial charge in [0.2, 0.25) is 0 Å². The molecule has 0 radical (unpaired) electrons. The van der Waals surface area contributed by atoms with Crippen LogP contribution in [0.15, 0.2) is 18.2 Å². The highest BCUT2D eigenvalue weighted by molar-refractivity contribution is 5.24. The predicted molar refractivity (Wildman–Crippen MR) is 48.0 cm³/mol. The van der Waals surface area contributed by atoms with E-state index in [1.54, 1.807) is 0 Å². The van der Waals surface area contributed by atoms with Gasteiger partial charge in [-0.05, 0) is 25.0 Å². The van der Waals surface area contributed by atoms with Gasteiger partial charge in [0.15, 0.2) is 11.6 Å². The number of ether oxygens (including phenoxy) is 1. The highest BCUT2D eigenvalue weighted by Gasteiger charge is 2.27. The maximum atomic E-state index is 12.7. The van der Waals surface area contributed by atoms with E-state index in [1.807, 2.05) is 0 Å². The molecule has 1 aromatic rings. The monoisotopic (exact) mass is 199 g/mol. The van der Waals surface area contributed by atoms with E-state index in [2.05, 4.69) is 0 Å². The van der Waals surface area contributed by atoms with Gasteiger partial charge >= 0.3 is 0 Å². The van der Waals surface area contributed by atoms with Crippen molar-refractivity contribution in [2.24, 2.45) is 5.73 Å². The van der Waals surface area contributed by atoms with Gasteiger partial charge in [-0.2, -0.15) is 0 Å². The van der Waals surface area contributed by atoms with Gasteiger partial charge < -0.3 is 10.5 Å². The van der Waals surface area contributed by atoms with E-state index < -0.39 is 11.6 Å². The van der Waals surface area contributed by atoms with Crippen molar-refractivity contribution >= 4 is 0 Å². The molecule has 1 fully saturated rings. The second-order valence-corrected chi connectivity index (χ2v) is 3.55. The lowest BCUT2D eigenvalue weighted by atomic mass is 9.90. The van der Waals surface area contributed by atoms with E-state index in [0.29, 0.717) is 5.75 Å². The Morgan fingerprint density at radius 1 is 1.21 bits per heavy atom. The molecule has 0 amide bonds. The van der Waals surface area contributed by atoms with Crippen LogP contribution < -0.4 is 10.5 Å². The van der Waals surface area contributed by atoms with Crippen LogP contribution in [0, 0.1) is 11.6 Å². The van der Waals surface area contributed by atoms with E-state index in [-0.39, 0.29) is 12.1 Å². The van der Waals surface area contributed by atoms with Gasteiger partial charge in [-0.3, -0.25) is 0 Å². The van der Waals surface area contributed by atoms with Crippen molar-refractivity contribution in [3.63, 3.8) is 0 Å². The van der Waals surface area contributed by atoms with Crippen LogP contribution in [-0.4, -0.2) is 12.1 Å². The molecule has 4 heteroatoms. The van der Waals surface area contributed by atoms with Gasteiger partial charge in [0.05, 0.1) is 0 Å². The molecular weight excluding hydrogens is 188 g/mol. The summed E-state index contributed by atoms with van der Waals surface area (Å²) in [7, 11) is 0. The maximum absolute atomic E-state index is 12.7. The van der Waals surface area contributed by atoms with Crippen molar-refractivity contribution < 1.29 is 13.5 Å². The molecular formula is C10H11F2NO. The first kappa shape index (κ1) is 9.40. The molecule has 0 saturated heterocycles. The summed E-state index contributed by atoms with van der Waals surface area (Å²) in [6.45, 7) is 0. The fourth-order valence-electron chi connectivity index (χ4n) is 1.45. The Labute approximate surface area is 80.7 Å². The summed E-state index contributed by atoms with van der Waals surface area (Å²) in [5.41, 5.74) is 5.56. The van der Waals surface area contributed by atoms with Crippen LogP contribution in [0.3, 0.4) is 0 Å². The summed E-state index contributed by atoms with van der Waals surface area (Å²) in [4.78, 5) is 0. The molecule has 1 saturated carbocycles. The summed E-state index contributed by atoms with van der Waals surface area (Å²) < 4.78 is 30.7. The van der Waals surface area contributed by atoms with E-state index in [9.17, 15) is 8.78 Å². The first-order chi connectivity index (χ1) is 6.65. The van der Waals surface area contributed by atoms with Crippen LogP contribution in [-0.2, 0) is 0 Å². The SMILES string of the molecule is N[C@H]1C[C@H](Oc2ccc(F)c(F)c2)C1. The van der Waals surface area contributed by atoms with Crippen molar-refractivity contribution in [2.75, 3.05) is 0 Å². The Balaban J connectivity index is 2.00. The fraction of sp³-hybridized carbons (Fsp3) is 0.400. The fourth-order valence-corrected chi connectivity index (χ4v) is 1.45. The van der Waals surface area contributed by atoms with E-state index in [1.165, 1.54) is 6.07 Å². The largest absolute Gasteiger partial charge is 0.490 e. The van der Waals surface area contributed by atoms with E-state index >= 15 is 0 Å². The predicted octanol–water partition coefficient (Wildman–Crippen LogP) is 1.83. The van der Waals surface area contributed by atoms with Crippen LogP contribution in [0.25, 0.3) is 0 Å². The van der Waals surface area contributed by atoms with Crippen molar-refractivity contribution in [1.82, 2.24) is 0 Å². The standard InChI is InChI=1S/C10H11F2NO/c11-9-2-1-7(5-10(9)12)14-8-3-6(13)4-8/h1-2,5-6,8H,3-4,13H2/t6-,8-. The molecule has 1 aliphatic rings. The highest BCUT2D eigenvalue weighted by atomic mass is 19.2. The number of nitrogens with two attached hydrogens (primary N) is 1. The van der Waals surface area contributed by atoms with Crippen LogP contribution in [0.4, 0.5) is 8.78 Å². The average molecular weight is 199 g/mol. The lowest BCUT2D eigenvalue weighted by Crippen LogP contribution is -2.43. The Morgan fingerprint density at radius 3 is 2.50 bits per heavy atom. The molecule has 0 unspecified atom stereocenters. The molecule has 0 bridgehead atoms. The van der Waals surface area contributed by atoms with Crippen molar-refractivity contribution in [1.29, 1.82) is 0 Å². The van der Waals surface area contributed by atoms with Gasteiger partial charge in [0.25, 0.3) is 0 Å². The van der Waals surface area contributed by atoms with E-state index in [0.717, 1.165) is 25.0 Å². The molecule has 0 heterocycles. The van der Waals surface area contributed by atoms with Gasteiger partial charge in [-0.15, -0.1) is 0 Å². The summed E-state index contributed by atoms with van der Waals surface area (Å²) in [6, 6.07) is 3.72. The van der Waals surface area contributed by atoms with Gasteiger partial charge in [-0.1, -0.05) is 0 Å². The second kappa shape index (κ2) is 3.53. The average Bonchev–Trinajstić information content (AvgIpc) is 2.09. The molecule has 1 aliphatic carbocycles. The molecule has 0 atom stereocenters. The number of rotatable bonds is 2. The number of hydrogen-bond donors (Lipinski definition) is 1. The maximum Gasteiger partial charge on any atom is 0.162 e. The third-order valence-electron chi connectivity index (χ3n) is 2.33. The number of halogens is 2. The Kier molecular flexibility index (Phi) is 2.37. The minimum absolute atomic E-state index is 0.0508. The summed E-state index contributed by atoms with van der Waals surface area (Å²) in [5, 5.41) is 0. The first-order valence-corrected chi connectivity index (χ1v) is 4.52. The summed E-state index contributed by atoms with van der Waals surface area (Å²) >= 11 is 0. The molecule has 2 N–H and O–H groups in total. The van der Waals surface area contributed by atoms with Crippen LogP contribution in [0.5, 0.6) is 5.75 Å². The quantitative estimate of drug-likeness (QED) is 0.788. The van der Waals surface area contributed by atoms with Crippen LogP contribution >= 0.6 is 0 Å². The summed E-state index contributed by atoms with van der Waals surface area (Å²) in [6.07, 6.45) is 1.60. The smallest absolute Gasteiger partial charge is 0.162 e. The topological polar surface area (TPSA) is 35.2 Å². The third-order valence-corrected chi connectivity index (χ3v) is 2.33. The van der Waals surface area contributed by atoms with Gasteiger partial charge in [0.1, 0.15) is 11.9 Å². The van der Waals surface area contributed by atoms with Crippen LogP contribution in [0.2, 0.25) is 0 Å². The lowest BCUT2D eigenvalue weighted by Gasteiger charge is -2.32. The Morgan fingerprint density at radius 2 is 1.93 bits per heavy atom. The second-order valence-electron chi connectivity index (χ2n) is 3.55. The molecule has 0 spiro atoms. The lowest BCUT2D eigenvalue weighted by molar-refractivity contribution is 0.100. The van der Waals surface area contributed by atoms with Crippen molar-refractivity contribution in [2.45, 2.75) is 25.0 Å². The molecule has 1 aromatic carbocycles. The Hall–Kier alpha value is -1.16. The zero-order chi connectivity index (χ0) is 10.1. The number of hydrogen-bond acceptors (Lipinski definition) is 2. The van der Waals surface area contributed by atoms with Crippen molar-refractivity contribution in [3.05, 3.63) is 29.8 Å². The summed E-state index contributed by atoms with van der Waals surface area (Å²) in [5.74, 6) is -1.38. The van der Waals surface area contributed by atoms with E-state index in [4.69, 9.17) is 10.5 Å². The van der Waals surface area contributed by atoms with Gasteiger partial charge in [-0.25, -0.2) is 8.78 Å². The number of benzene rings is 1. The molecule has 2 nitrogen and oxygen atoms in total. The molecule has 14 heavy (non-hydrogen) atoms. The van der Waals surface area contributed by atoms with Crippen molar-refractivity contribution in [3.8, 4) is 5.75 Å². The molecule has 0 aromatic heterocycles. The molecule has 2 rings (SSSR count).